The maximum atomic E-state index is 10.9. The predicted octanol–water partition coefficient (Wildman–Crippen LogP) is 2.97. The molecule has 0 amide bonds. The summed E-state index contributed by atoms with van der Waals surface area (Å²) in [6, 6.07) is 9.80. The number of benzene rings is 1. The van der Waals surface area contributed by atoms with Gasteiger partial charge in [-0.2, -0.15) is 0 Å². The Hall–Kier alpha value is -0.580. The SMILES string of the molecule is CC(COC(C)c1ccccc1)CS(=O)(=O)Cl. The minimum absolute atomic E-state index is 0.0447. The molecule has 0 N–H and O–H groups in total. The lowest BCUT2D eigenvalue weighted by atomic mass is 10.1. The van der Waals surface area contributed by atoms with Gasteiger partial charge in [0, 0.05) is 10.7 Å². The third kappa shape index (κ3) is 6.05. The summed E-state index contributed by atoms with van der Waals surface area (Å²) < 4.78 is 27.3. The van der Waals surface area contributed by atoms with Crippen LogP contribution in [0.1, 0.15) is 25.5 Å². The number of rotatable bonds is 6. The largest absolute Gasteiger partial charge is 0.374 e. The molecule has 17 heavy (non-hydrogen) atoms. The molecule has 0 aliphatic rings. The van der Waals surface area contributed by atoms with Crippen molar-refractivity contribution in [3.8, 4) is 0 Å². The van der Waals surface area contributed by atoms with Crippen LogP contribution in [0.5, 0.6) is 0 Å². The van der Waals surface area contributed by atoms with E-state index in [9.17, 15) is 8.42 Å². The Morgan fingerprint density at radius 1 is 1.24 bits per heavy atom. The van der Waals surface area contributed by atoms with Gasteiger partial charge in [0.25, 0.3) is 0 Å². The second-order valence-corrected chi connectivity index (χ2v) is 7.02. The molecule has 2 unspecified atom stereocenters. The molecule has 0 heterocycles. The van der Waals surface area contributed by atoms with E-state index >= 15 is 0 Å². The summed E-state index contributed by atoms with van der Waals surface area (Å²) in [6.45, 7) is 4.12. The van der Waals surface area contributed by atoms with Crippen molar-refractivity contribution in [1.29, 1.82) is 0 Å². The van der Waals surface area contributed by atoms with Gasteiger partial charge in [0.05, 0.1) is 18.5 Å². The van der Waals surface area contributed by atoms with E-state index in [0.717, 1.165) is 5.56 Å². The monoisotopic (exact) mass is 276 g/mol. The van der Waals surface area contributed by atoms with Crippen LogP contribution in [0, 0.1) is 5.92 Å². The molecule has 0 aromatic heterocycles. The first-order chi connectivity index (χ1) is 7.88. The van der Waals surface area contributed by atoms with Gasteiger partial charge in [-0.25, -0.2) is 8.42 Å². The normalized spacial score (nSPS) is 15.5. The number of halogens is 1. The lowest BCUT2D eigenvalue weighted by molar-refractivity contribution is 0.0476. The van der Waals surface area contributed by atoms with Gasteiger partial charge >= 0.3 is 0 Å². The van der Waals surface area contributed by atoms with Crippen LogP contribution in [0.2, 0.25) is 0 Å². The maximum absolute atomic E-state index is 10.9. The second kappa shape index (κ2) is 6.38. The zero-order chi connectivity index (χ0) is 12.9. The molecule has 0 fully saturated rings. The fourth-order valence-corrected chi connectivity index (χ4v) is 2.94. The second-order valence-electron chi connectivity index (χ2n) is 4.20. The Kier molecular flexibility index (Phi) is 5.43. The van der Waals surface area contributed by atoms with Gasteiger partial charge in [-0.1, -0.05) is 37.3 Å². The summed E-state index contributed by atoms with van der Waals surface area (Å²) in [5, 5.41) is 0. The molecule has 0 spiro atoms. The molecule has 1 aromatic carbocycles. The van der Waals surface area contributed by atoms with Crippen LogP contribution in [0.25, 0.3) is 0 Å². The van der Waals surface area contributed by atoms with Crippen molar-refractivity contribution in [3.05, 3.63) is 35.9 Å². The van der Waals surface area contributed by atoms with Crippen LogP contribution in [0.4, 0.5) is 0 Å². The molecule has 96 valence electrons. The van der Waals surface area contributed by atoms with E-state index in [4.69, 9.17) is 15.4 Å². The molecule has 1 rings (SSSR count). The fourth-order valence-electron chi connectivity index (χ4n) is 1.52. The average molecular weight is 277 g/mol. The van der Waals surface area contributed by atoms with E-state index in [0.29, 0.717) is 6.61 Å². The van der Waals surface area contributed by atoms with E-state index in [1.54, 1.807) is 6.92 Å². The van der Waals surface area contributed by atoms with E-state index in [2.05, 4.69) is 0 Å². The van der Waals surface area contributed by atoms with Gasteiger partial charge in [-0.05, 0) is 18.4 Å². The Labute approximate surface area is 107 Å². The van der Waals surface area contributed by atoms with Crippen molar-refractivity contribution >= 4 is 19.7 Å². The van der Waals surface area contributed by atoms with Crippen LogP contribution >= 0.6 is 10.7 Å². The molecule has 0 saturated carbocycles. The summed E-state index contributed by atoms with van der Waals surface area (Å²) in [5.74, 6) is -0.167. The van der Waals surface area contributed by atoms with Crippen LogP contribution < -0.4 is 0 Å². The Morgan fingerprint density at radius 3 is 2.35 bits per heavy atom. The highest BCUT2D eigenvalue weighted by Gasteiger charge is 2.14. The van der Waals surface area contributed by atoms with E-state index in [-0.39, 0.29) is 17.8 Å². The smallest absolute Gasteiger partial charge is 0.232 e. The first kappa shape index (κ1) is 14.5. The average Bonchev–Trinajstić information content (AvgIpc) is 2.25. The molecule has 3 nitrogen and oxygen atoms in total. The molecular formula is C12H17ClO3S. The predicted molar refractivity (Wildman–Crippen MR) is 69.6 cm³/mol. The molecule has 0 bridgehead atoms. The first-order valence-corrected chi connectivity index (χ1v) is 7.95. The minimum atomic E-state index is -3.44. The lowest BCUT2D eigenvalue weighted by Crippen LogP contribution is -2.16. The third-order valence-corrected chi connectivity index (χ3v) is 3.73. The topological polar surface area (TPSA) is 43.4 Å². The van der Waals surface area contributed by atoms with Crippen LogP contribution in [0.15, 0.2) is 30.3 Å². The number of hydrogen-bond donors (Lipinski definition) is 0. The molecule has 0 saturated heterocycles. The molecular weight excluding hydrogens is 260 g/mol. The highest BCUT2D eigenvalue weighted by atomic mass is 35.7. The highest BCUT2D eigenvalue weighted by molar-refractivity contribution is 8.13. The number of hydrogen-bond acceptors (Lipinski definition) is 3. The minimum Gasteiger partial charge on any atom is -0.374 e. The standard InChI is InChI=1S/C12H17ClO3S/c1-10(9-17(13,14)15)8-16-11(2)12-6-4-3-5-7-12/h3-7,10-11H,8-9H2,1-2H3. The van der Waals surface area contributed by atoms with Crippen molar-refractivity contribution in [1.82, 2.24) is 0 Å². The van der Waals surface area contributed by atoms with Gasteiger partial charge in [0.2, 0.25) is 9.05 Å². The maximum Gasteiger partial charge on any atom is 0.232 e. The molecule has 0 aliphatic carbocycles. The van der Waals surface area contributed by atoms with Crippen molar-refractivity contribution in [3.63, 3.8) is 0 Å². The van der Waals surface area contributed by atoms with Gasteiger partial charge in [-0.15, -0.1) is 0 Å². The Bertz CT molecular complexity index is 430. The first-order valence-electron chi connectivity index (χ1n) is 5.47. The lowest BCUT2D eigenvalue weighted by Gasteiger charge is -2.16. The van der Waals surface area contributed by atoms with Crippen molar-refractivity contribution in [2.75, 3.05) is 12.4 Å². The summed E-state index contributed by atoms with van der Waals surface area (Å²) in [6.07, 6.45) is -0.0447. The van der Waals surface area contributed by atoms with E-state index < -0.39 is 9.05 Å². The van der Waals surface area contributed by atoms with Crippen LogP contribution in [-0.2, 0) is 13.8 Å². The van der Waals surface area contributed by atoms with Gasteiger partial charge in [0.1, 0.15) is 0 Å². The fraction of sp³-hybridized carbons (Fsp3) is 0.500. The zero-order valence-corrected chi connectivity index (χ0v) is 11.5. The van der Waals surface area contributed by atoms with Crippen LogP contribution in [-0.4, -0.2) is 20.8 Å². The molecule has 0 aliphatic heterocycles. The summed E-state index contributed by atoms with van der Waals surface area (Å²) in [4.78, 5) is 0. The van der Waals surface area contributed by atoms with Crippen LogP contribution in [0.3, 0.4) is 0 Å². The van der Waals surface area contributed by atoms with Crippen molar-refractivity contribution in [2.45, 2.75) is 20.0 Å². The van der Waals surface area contributed by atoms with Gasteiger partial charge in [0.15, 0.2) is 0 Å². The molecule has 0 radical (unpaired) electrons. The summed E-state index contributed by atoms with van der Waals surface area (Å²) in [5.41, 5.74) is 1.08. The van der Waals surface area contributed by atoms with Gasteiger partial charge < -0.3 is 4.74 Å². The van der Waals surface area contributed by atoms with E-state index in [1.165, 1.54) is 0 Å². The molecule has 2 atom stereocenters. The quantitative estimate of drug-likeness (QED) is 0.750. The number of ether oxygens (including phenoxy) is 1. The summed E-state index contributed by atoms with van der Waals surface area (Å²) in [7, 11) is 1.73. The Balaban J connectivity index is 2.41. The molecule has 5 heteroatoms. The molecule has 1 aromatic rings. The van der Waals surface area contributed by atoms with Crippen molar-refractivity contribution < 1.29 is 13.2 Å². The summed E-state index contributed by atoms with van der Waals surface area (Å²) >= 11 is 0. The third-order valence-electron chi connectivity index (χ3n) is 2.38. The Morgan fingerprint density at radius 2 is 1.82 bits per heavy atom. The zero-order valence-electron chi connectivity index (χ0n) is 9.97. The highest BCUT2D eigenvalue weighted by Crippen LogP contribution is 2.17. The van der Waals surface area contributed by atoms with Gasteiger partial charge in [-0.3, -0.25) is 0 Å². The van der Waals surface area contributed by atoms with Crippen molar-refractivity contribution in [2.24, 2.45) is 5.92 Å². The van der Waals surface area contributed by atoms with E-state index in [1.807, 2.05) is 37.3 Å².